The first-order chi connectivity index (χ1) is 18.0. The van der Waals surface area contributed by atoms with Crippen LogP contribution < -0.4 is 0 Å². The molecule has 3 aromatic rings. The number of rotatable bonds is 6. The van der Waals surface area contributed by atoms with Gasteiger partial charge >= 0.3 is 12.4 Å². The largest absolute Gasteiger partial charge is 0.416 e. The van der Waals surface area contributed by atoms with E-state index in [2.05, 4.69) is 4.90 Å². The summed E-state index contributed by atoms with van der Waals surface area (Å²) in [6.45, 7) is 0.176. The van der Waals surface area contributed by atoms with Crippen LogP contribution in [0.3, 0.4) is 0 Å². The van der Waals surface area contributed by atoms with E-state index in [9.17, 15) is 30.7 Å². The molecule has 2 nitrogen and oxygen atoms in total. The molecular formula is C29H26F7NO. The van der Waals surface area contributed by atoms with Crippen molar-refractivity contribution >= 4 is 0 Å². The van der Waals surface area contributed by atoms with E-state index in [4.69, 9.17) is 4.74 Å². The molecule has 0 aliphatic carbocycles. The van der Waals surface area contributed by atoms with Crippen LogP contribution in [0.25, 0.3) is 0 Å². The molecule has 0 N–H and O–H groups in total. The molecule has 3 atom stereocenters. The summed E-state index contributed by atoms with van der Waals surface area (Å²) in [5.74, 6) is -0.397. The first-order valence-corrected chi connectivity index (χ1v) is 12.4. The fourth-order valence-corrected chi connectivity index (χ4v) is 6.05. The standard InChI is InChI=1S/C29H26F7NO/c30-24-8-6-21(7-9-24)27-13-12-25(37(27)17-19-4-2-1-3-5-19)10-11-26(27)38-18-20-14-22(28(31,32)33)16-23(15-20)29(34,35)36/h1-9,14-16,25-26H,10-13,17-18H2/t25-,26+,27+/m0/s1. The summed E-state index contributed by atoms with van der Waals surface area (Å²) in [6.07, 6.45) is -7.49. The molecule has 38 heavy (non-hydrogen) atoms. The van der Waals surface area contributed by atoms with Crippen LogP contribution in [-0.2, 0) is 35.8 Å². The number of fused-ring (bicyclic) bond motifs is 2. The highest BCUT2D eigenvalue weighted by molar-refractivity contribution is 5.34. The number of halogens is 7. The predicted molar refractivity (Wildman–Crippen MR) is 127 cm³/mol. The van der Waals surface area contributed by atoms with E-state index in [0.717, 1.165) is 24.0 Å². The van der Waals surface area contributed by atoms with Gasteiger partial charge in [0.1, 0.15) is 5.82 Å². The molecule has 0 saturated carbocycles. The maximum absolute atomic E-state index is 13.8. The number of nitrogens with zero attached hydrogens (tertiary/aromatic N) is 1. The normalized spacial score (nSPS) is 24.1. The van der Waals surface area contributed by atoms with Crippen LogP contribution in [-0.4, -0.2) is 17.0 Å². The van der Waals surface area contributed by atoms with Gasteiger partial charge in [-0.15, -0.1) is 0 Å². The molecule has 0 amide bonds. The summed E-state index contributed by atoms with van der Waals surface area (Å²) in [4.78, 5) is 2.32. The number of hydrogen-bond acceptors (Lipinski definition) is 2. The number of hydrogen-bond donors (Lipinski definition) is 0. The lowest BCUT2D eigenvalue weighted by Crippen LogP contribution is -2.56. The van der Waals surface area contributed by atoms with Crippen LogP contribution >= 0.6 is 0 Å². The van der Waals surface area contributed by atoms with Crippen molar-refractivity contribution in [3.63, 3.8) is 0 Å². The second kappa shape index (κ2) is 10.0. The van der Waals surface area contributed by atoms with E-state index in [1.807, 2.05) is 30.3 Å². The van der Waals surface area contributed by atoms with Crippen molar-refractivity contribution in [2.75, 3.05) is 0 Å². The van der Waals surface area contributed by atoms with E-state index < -0.39 is 47.5 Å². The minimum absolute atomic E-state index is 0.118. The highest BCUT2D eigenvalue weighted by Gasteiger charge is 2.55. The first-order valence-electron chi connectivity index (χ1n) is 12.4. The average Bonchev–Trinajstić information content (AvgIpc) is 3.10. The van der Waals surface area contributed by atoms with E-state index in [1.54, 1.807) is 12.1 Å². The second-order valence-electron chi connectivity index (χ2n) is 10.0. The molecule has 0 aromatic heterocycles. The summed E-state index contributed by atoms with van der Waals surface area (Å²) in [7, 11) is 0. The van der Waals surface area contributed by atoms with Gasteiger partial charge in [-0.3, -0.25) is 4.90 Å². The SMILES string of the molecule is Fc1ccc([C@]23CC[C@H](CC[C@H]2OCc2cc(C(F)(F)F)cc(C(F)(F)F)c2)N3Cc2ccccc2)cc1. The monoisotopic (exact) mass is 537 g/mol. The predicted octanol–water partition coefficient (Wildman–Crippen LogP) is 8.10. The zero-order valence-corrected chi connectivity index (χ0v) is 20.3. The molecule has 2 fully saturated rings. The van der Waals surface area contributed by atoms with Gasteiger partial charge in [-0.05, 0) is 72.7 Å². The number of benzene rings is 3. The van der Waals surface area contributed by atoms with Gasteiger partial charge in [-0.25, -0.2) is 4.39 Å². The Kier molecular flexibility index (Phi) is 7.02. The lowest BCUT2D eigenvalue weighted by atomic mass is 9.78. The van der Waals surface area contributed by atoms with Crippen molar-refractivity contribution in [2.24, 2.45) is 0 Å². The fourth-order valence-electron chi connectivity index (χ4n) is 6.05. The van der Waals surface area contributed by atoms with Crippen LogP contribution in [0.2, 0.25) is 0 Å². The van der Waals surface area contributed by atoms with Crippen molar-refractivity contribution in [3.8, 4) is 0 Å². The highest BCUT2D eigenvalue weighted by atomic mass is 19.4. The Morgan fingerprint density at radius 2 is 1.39 bits per heavy atom. The minimum atomic E-state index is -4.93. The first kappa shape index (κ1) is 26.7. The lowest BCUT2D eigenvalue weighted by Gasteiger charge is -2.50. The van der Waals surface area contributed by atoms with E-state index in [1.165, 1.54) is 12.1 Å². The Hall–Kier alpha value is -2.91. The molecule has 9 heteroatoms. The molecular weight excluding hydrogens is 511 g/mol. The summed E-state index contributed by atoms with van der Waals surface area (Å²) in [6, 6.07) is 17.7. The summed E-state index contributed by atoms with van der Waals surface area (Å²) >= 11 is 0. The van der Waals surface area contributed by atoms with Crippen molar-refractivity contribution in [1.29, 1.82) is 0 Å². The molecule has 2 bridgehead atoms. The Morgan fingerprint density at radius 1 is 0.763 bits per heavy atom. The van der Waals surface area contributed by atoms with Gasteiger partial charge in [-0.2, -0.15) is 26.3 Å². The summed E-state index contributed by atoms with van der Waals surface area (Å²) in [5.41, 5.74) is -1.73. The zero-order chi connectivity index (χ0) is 27.1. The van der Waals surface area contributed by atoms with Crippen LogP contribution in [0.15, 0.2) is 72.8 Å². The van der Waals surface area contributed by atoms with Crippen LogP contribution in [0.4, 0.5) is 30.7 Å². The van der Waals surface area contributed by atoms with Crippen LogP contribution in [0, 0.1) is 5.82 Å². The molecule has 0 unspecified atom stereocenters. The molecule has 3 aromatic carbocycles. The van der Waals surface area contributed by atoms with E-state index >= 15 is 0 Å². The molecule has 0 radical (unpaired) electrons. The topological polar surface area (TPSA) is 12.5 Å². The van der Waals surface area contributed by atoms with Crippen molar-refractivity contribution in [3.05, 3.63) is 106 Å². The third-order valence-corrected chi connectivity index (χ3v) is 7.75. The van der Waals surface area contributed by atoms with Gasteiger partial charge in [0.2, 0.25) is 0 Å². The maximum atomic E-state index is 13.8. The molecule has 2 heterocycles. The summed E-state index contributed by atoms with van der Waals surface area (Å²) in [5, 5.41) is 0. The maximum Gasteiger partial charge on any atom is 0.416 e. The second-order valence-corrected chi connectivity index (χ2v) is 10.0. The van der Waals surface area contributed by atoms with Crippen LogP contribution in [0.5, 0.6) is 0 Å². The van der Waals surface area contributed by atoms with Gasteiger partial charge in [0.05, 0.1) is 29.4 Å². The Bertz CT molecular complexity index is 1220. The van der Waals surface area contributed by atoms with E-state index in [-0.39, 0.29) is 17.7 Å². The molecule has 2 aliphatic rings. The number of ether oxygens (including phenoxy) is 1. The number of alkyl halides is 6. The third-order valence-electron chi connectivity index (χ3n) is 7.75. The molecule has 202 valence electrons. The van der Waals surface area contributed by atoms with Crippen molar-refractivity contribution < 1.29 is 35.5 Å². The quantitative estimate of drug-likeness (QED) is 0.295. The van der Waals surface area contributed by atoms with Crippen LogP contribution in [0.1, 0.15) is 53.5 Å². The smallest absolute Gasteiger partial charge is 0.371 e. The van der Waals surface area contributed by atoms with E-state index in [0.29, 0.717) is 31.5 Å². The highest BCUT2D eigenvalue weighted by Crippen LogP contribution is 2.52. The van der Waals surface area contributed by atoms with Crippen molar-refractivity contribution in [1.82, 2.24) is 4.90 Å². The van der Waals surface area contributed by atoms with Gasteiger partial charge in [0.25, 0.3) is 0 Å². The Morgan fingerprint density at radius 3 is 2.00 bits per heavy atom. The zero-order valence-electron chi connectivity index (χ0n) is 20.3. The fraction of sp³-hybridized carbons (Fsp3) is 0.379. The van der Waals surface area contributed by atoms with Gasteiger partial charge in [0.15, 0.2) is 0 Å². The third kappa shape index (κ3) is 5.18. The molecule has 5 rings (SSSR count). The molecule has 0 spiro atoms. The van der Waals surface area contributed by atoms with Crippen molar-refractivity contribution in [2.45, 2.75) is 68.9 Å². The van der Waals surface area contributed by atoms with Gasteiger partial charge < -0.3 is 4.74 Å². The minimum Gasteiger partial charge on any atom is -0.371 e. The Labute approximate surface area is 216 Å². The molecule has 2 aliphatic heterocycles. The summed E-state index contributed by atoms with van der Waals surface area (Å²) < 4.78 is 100. The van der Waals surface area contributed by atoms with Gasteiger partial charge in [-0.1, -0.05) is 42.5 Å². The number of piperidine rings is 1. The Balaban J connectivity index is 1.49. The van der Waals surface area contributed by atoms with Gasteiger partial charge in [0, 0.05) is 12.6 Å². The average molecular weight is 538 g/mol. The molecule has 2 saturated heterocycles. The lowest BCUT2D eigenvalue weighted by molar-refractivity contribution is -0.143.